The molecule has 2 aromatic heterocycles. The van der Waals surface area contributed by atoms with Gasteiger partial charge in [-0.2, -0.15) is 0 Å². The molecule has 0 aliphatic carbocycles. The number of furan rings is 1. The minimum atomic E-state index is -0.109. The minimum Gasteiger partial charge on any atom is -0.457 e. The molecule has 0 aromatic carbocycles. The SMILES string of the molecule is CCNC=Nc1sc(N)nc1-c1ccc(CNC(C)=O)o1. The first-order chi connectivity index (χ1) is 10.1. The second kappa shape index (κ2) is 6.89. The second-order valence-corrected chi connectivity index (χ2v) is 5.21. The summed E-state index contributed by atoms with van der Waals surface area (Å²) in [7, 11) is 0. The number of hydrogen-bond donors (Lipinski definition) is 3. The summed E-state index contributed by atoms with van der Waals surface area (Å²) in [5.74, 6) is 1.11. The third kappa shape index (κ3) is 4.06. The standard InChI is InChI=1S/C13H17N5O2S/c1-3-15-7-17-12-11(18-13(14)21-12)10-5-4-9(20-10)6-16-8(2)19/h4-5,7H,3,6H2,1-2H3,(H2,14,18)(H,15,17)(H,16,19). The topological polar surface area (TPSA) is 106 Å². The second-order valence-electron chi connectivity index (χ2n) is 4.20. The number of nitrogens with two attached hydrogens (primary N) is 1. The van der Waals surface area contributed by atoms with Gasteiger partial charge in [0, 0.05) is 13.5 Å². The Hall–Kier alpha value is -2.35. The molecule has 2 aromatic rings. The summed E-state index contributed by atoms with van der Waals surface area (Å²) in [6.45, 7) is 4.56. The van der Waals surface area contributed by atoms with Crippen molar-refractivity contribution in [1.29, 1.82) is 0 Å². The van der Waals surface area contributed by atoms with Gasteiger partial charge in [-0.3, -0.25) is 4.79 Å². The summed E-state index contributed by atoms with van der Waals surface area (Å²) < 4.78 is 5.66. The summed E-state index contributed by atoms with van der Waals surface area (Å²) in [6.07, 6.45) is 1.61. The van der Waals surface area contributed by atoms with Crippen LogP contribution in [0.15, 0.2) is 21.5 Å². The van der Waals surface area contributed by atoms with Crippen molar-refractivity contribution < 1.29 is 9.21 Å². The Labute approximate surface area is 126 Å². The van der Waals surface area contributed by atoms with Gasteiger partial charge in [0.25, 0.3) is 0 Å². The molecule has 0 saturated heterocycles. The average Bonchev–Trinajstić information content (AvgIpc) is 3.03. The fourth-order valence-corrected chi connectivity index (χ4v) is 2.27. The molecule has 2 rings (SSSR count). The molecule has 0 atom stereocenters. The van der Waals surface area contributed by atoms with E-state index < -0.39 is 0 Å². The van der Waals surface area contributed by atoms with E-state index in [1.807, 2.05) is 6.92 Å². The summed E-state index contributed by atoms with van der Waals surface area (Å²) in [5, 5.41) is 6.76. The number of aliphatic imine (C=N–C) groups is 1. The lowest BCUT2D eigenvalue weighted by Crippen LogP contribution is -2.18. The monoisotopic (exact) mass is 307 g/mol. The molecule has 7 nitrogen and oxygen atoms in total. The van der Waals surface area contributed by atoms with Gasteiger partial charge in [0.05, 0.1) is 12.9 Å². The summed E-state index contributed by atoms with van der Waals surface area (Å²) in [6, 6.07) is 3.58. The van der Waals surface area contributed by atoms with E-state index in [4.69, 9.17) is 10.2 Å². The average molecular weight is 307 g/mol. The van der Waals surface area contributed by atoms with Crippen LogP contribution < -0.4 is 16.4 Å². The lowest BCUT2D eigenvalue weighted by atomic mass is 10.3. The number of carbonyl (C=O) groups is 1. The number of nitrogens with zero attached hydrogens (tertiary/aromatic N) is 2. The molecule has 0 fully saturated rings. The number of hydrogen-bond acceptors (Lipinski definition) is 6. The van der Waals surface area contributed by atoms with Crippen molar-refractivity contribution in [1.82, 2.24) is 15.6 Å². The molecule has 1 amide bonds. The zero-order valence-corrected chi connectivity index (χ0v) is 12.7. The van der Waals surface area contributed by atoms with E-state index in [2.05, 4.69) is 20.6 Å². The number of nitrogens with one attached hydrogen (secondary N) is 2. The number of nitrogen functional groups attached to an aromatic ring is 1. The molecule has 0 saturated carbocycles. The molecule has 2 heterocycles. The van der Waals surface area contributed by atoms with E-state index in [0.29, 0.717) is 33.9 Å². The molecule has 0 radical (unpaired) electrons. The summed E-state index contributed by atoms with van der Waals surface area (Å²) in [5.41, 5.74) is 6.34. The van der Waals surface area contributed by atoms with E-state index in [1.54, 1.807) is 18.5 Å². The van der Waals surface area contributed by atoms with Crippen LogP contribution in [0.3, 0.4) is 0 Å². The lowest BCUT2D eigenvalue weighted by molar-refractivity contribution is -0.119. The van der Waals surface area contributed by atoms with E-state index in [9.17, 15) is 4.79 Å². The van der Waals surface area contributed by atoms with Crippen molar-refractivity contribution in [2.45, 2.75) is 20.4 Å². The van der Waals surface area contributed by atoms with Gasteiger partial charge in [-0.05, 0) is 19.1 Å². The molecule has 4 N–H and O–H groups in total. The van der Waals surface area contributed by atoms with Gasteiger partial charge in [0.1, 0.15) is 11.5 Å². The van der Waals surface area contributed by atoms with Crippen LogP contribution in [0.4, 0.5) is 10.1 Å². The first-order valence-corrected chi connectivity index (χ1v) is 7.27. The molecule has 0 bridgehead atoms. The maximum Gasteiger partial charge on any atom is 0.217 e. The molecule has 112 valence electrons. The van der Waals surface area contributed by atoms with Gasteiger partial charge in [0.2, 0.25) is 5.91 Å². The van der Waals surface area contributed by atoms with Crippen molar-refractivity contribution in [2.24, 2.45) is 4.99 Å². The van der Waals surface area contributed by atoms with E-state index >= 15 is 0 Å². The first-order valence-electron chi connectivity index (χ1n) is 6.46. The van der Waals surface area contributed by atoms with Crippen LogP contribution >= 0.6 is 11.3 Å². The van der Waals surface area contributed by atoms with Gasteiger partial charge < -0.3 is 20.8 Å². The van der Waals surface area contributed by atoms with E-state index in [-0.39, 0.29) is 5.91 Å². The summed E-state index contributed by atoms with van der Waals surface area (Å²) >= 11 is 1.29. The number of aromatic nitrogens is 1. The Morgan fingerprint density at radius 3 is 3.10 bits per heavy atom. The van der Waals surface area contributed by atoms with Gasteiger partial charge >= 0.3 is 0 Å². The molecule has 8 heteroatoms. The van der Waals surface area contributed by atoms with Crippen LogP contribution in [0.5, 0.6) is 0 Å². The predicted octanol–water partition coefficient (Wildman–Crippen LogP) is 1.89. The maximum atomic E-state index is 10.9. The molecular formula is C13H17N5O2S. The molecule has 0 aliphatic rings. The zero-order chi connectivity index (χ0) is 15.2. The summed E-state index contributed by atoms with van der Waals surface area (Å²) in [4.78, 5) is 19.4. The number of carbonyl (C=O) groups excluding carboxylic acids is 1. The smallest absolute Gasteiger partial charge is 0.217 e. The Bertz CT molecular complexity index is 647. The van der Waals surface area contributed by atoms with Crippen molar-refractivity contribution in [3.63, 3.8) is 0 Å². The van der Waals surface area contributed by atoms with Crippen molar-refractivity contribution >= 4 is 33.7 Å². The van der Waals surface area contributed by atoms with Gasteiger partial charge in [-0.25, -0.2) is 9.98 Å². The Morgan fingerprint density at radius 2 is 2.38 bits per heavy atom. The molecule has 0 unspecified atom stereocenters. The Morgan fingerprint density at radius 1 is 1.57 bits per heavy atom. The third-order valence-corrected chi connectivity index (χ3v) is 3.30. The van der Waals surface area contributed by atoms with Crippen LogP contribution in [-0.2, 0) is 11.3 Å². The fourth-order valence-electron chi connectivity index (χ4n) is 1.58. The number of amides is 1. The minimum absolute atomic E-state index is 0.109. The highest BCUT2D eigenvalue weighted by atomic mass is 32.1. The lowest BCUT2D eigenvalue weighted by Gasteiger charge is -1.98. The predicted molar refractivity (Wildman–Crippen MR) is 83.6 cm³/mol. The quantitative estimate of drug-likeness (QED) is 0.558. The van der Waals surface area contributed by atoms with Gasteiger partial charge in [-0.1, -0.05) is 11.3 Å². The first kappa shape index (κ1) is 15.0. The van der Waals surface area contributed by atoms with Crippen LogP contribution in [0.2, 0.25) is 0 Å². The molecule has 0 aliphatic heterocycles. The number of anilines is 1. The fraction of sp³-hybridized carbons (Fsp3) is 0.308. The number of rotatable bonds is 6. The highest BCUT2D eigenvalue weighted by Crippen LogP contribution is 2.37. The van der Waals surface area contributed by atoms with Gasteiger partial charge in [-0.15, -0.1) is 0 Å². The Balaban J connectivity index is 2.19. The van der Waals surface area contributed by atoms with Crippen molar-refractivity contribution in [3.8, 4) is 11.5 Å². The maximum absolute atomic E-state index is 10.9. The van der Waals surface area contributed by atoms with E-state index in [1.165, 1.54) is 18.3 Å². The molecular weight excluding hydrogens is 290 g/mol. The molecule has 21 heavy (non-hydrogen) atoms. The largest absolute Gasteiger partial charge is 0.457 e. The number of thiazole rings is 1. The van der Waals surface area contributed by atoms with Gasteiger partial charge in [0.15, 0.2) is 15.9 Å². The van der Waals surface area contributed by atoms with E-state index in [0.717, 1.165) is 6.54 Å². The highest BCUT2D eigenvalue weighted by Gasteiger charge is 2.15. The van der Waals surface area contributed by atoms with Crippen LogP contribution in [-0.4, -0.2) is 23.8 Å². The van der Waals surface area contributed by atoms with Crippen LogP contribution in [0.25, 0.3) is 11.5 Å². The zero-order valence-electron chi connectivity index (χ0n) is 11.8. The Kier molecular flexibility index (Phi) is 4.94. The molecule has 0 spiro atoms. The normalized spacial score (nSPS) is 11.0. The van der Waals surface area contributed by atoms with Crippen LogP contribution in [0.1, 0.15) is 19.6 Å². The van der Waals surface area contributed by atoms with Crippen molar-refractivity contribution in [2.75, 3.05) is 12.3 Å². The van der Waals surface area contributed by atoms with Crippen molar-refractivity contribution in [3.05, 3.63) is 17.9 Å². The van der Waals surface area contributed by atoms with Crippen LogP contribution in [0, 0.1) is 0 Å². The highest BCUT2D eigenvalue weighted by molar-refractivity contribution is 7.19. The third-order valence-electron chi connectivity index (χ3n) is 2.51.